The molecular formula is C13H18N2O2. The lowest BCUT2D eigenvalue weighted by molar-refractivity contribution is -0.144. The number of aliphatic carboxylic acids is 1. The Labute approximate surface area is 101 Å². The summed E-state index contributed by atoms with van der Waals surface area (Å²) in [5.41, 5.74) is 0.865. The topological polar surface area (TPSA) is 43.8 Å². The van der Waals surface area contributed by atoms with Crippen molar-refractivity contribution in [2.24, 2.45) is 0 Å². The van der Waals surface area contributed by atoms with E-state index in [4.69, 9.17) is 0 Å². The number of carboxylic acids is 1. The molecule has 1 N–H and O–H groups in total. The van der Waals surface area contributed by atoms with Crippen molar-refractivity contribution in [3.63, 3.8) is 0 Å². The average Bonchev–Trinajstić information content (AvgIpc) is 2.33. The number of rotatable bonds is 3. The van der Waals surface area contributed by atoms with Gasteiger partial charge in [0.2, 0.25) is 0 Å². The van der Waals surface area contributed by atoms with Gasteiger partial charge in [-0.05, 0) is 12.6 Å². The van der Waals surface area contributed by atoms with Crippen LogP contribution >= 0.6 is 0 Å². The Balaban J connectivity index is 2.16. The highest BCUT2D eigenvalue weighted by Gasteiger charge is 2.29. The van der Waals surface area contributed by atoms with Crippen molar-refractivity contribution in [1.82, 2.24) is 9.80 Å². The van der Waals surface area contributed by atoms with Crippen molar-refractivity contribution in [3.05, 3.63) is 35.9 Å². The molecule has 1 aliphatic heterocycles. The minimum Gasteiger partial charge on any atom is -0.480 e. The number of benzene rings is 1. The molecule has 0 amide bonds. The molecule has 17 heavy (non-hydrogen) atoms. The van der Waals surface area contributed by atoms with E-state index in [2.05, 4.69) is 11.9 Å². The van der Waals surface area contributed by atoms with Gasteiger partial charge in [0.25, 0.3) is 0 Å². The molecule has 0 spiro atoms. The Morgan fingerprint density at radius 3 is 2.29 bits per heavy atom. The third kappa shape index (κ3) is 2.84. The van der Waals surface area contributed by atoms with Crippen LogP contribution in [0.3, 0.4) is 0 Å². The van der Waals surface area contributed by atoms with Crippen molar-refractivity contribution >= 4 is 5.97 Å². The third-order valence-corrected chi connectivity index (χ3v) is 3.25. The van der Waals surface area contributed by atoms with E-state index >= 15 is 0 Å². The lowest BCUT2D eigenvalue weighted by Gasteiger charge is -2.36. The fraction of sp³-hybridized carbons (Fsp3) is 0.462. The molecular weight excluding hydrogens is 216 g/mol. The van der Waals surface area contributed by atoms with Crippen molar-refractivity contribution in [3.8, 4) is 0 Å². The maximum atomic E-state index is 11.4. The molecule has 2 rings (SSSR count). The van der Waals surface area contributed by atoms with Crippen LogP contribution < -0.4 is 0 Å². The second-order valence-corrected chi connectivity index (χ2v) is 4.49. The standard InChI is InChI=1S/C13H18N2O2/c1-14-7-9-15(10-8-14)12(13(16)17)11-5-3-2-4-6-11/h2-6,12H,7-10H2,1H3,(H,16,17). The highest BCUT2D eigenvalue weighted by atomic mass is 16.4. The Hall–Kier alpha value is -1.39. The largest absolute Gasteiger partial charge is 0.480 e. The molecule has 0 aromatic heterocycles. The van der Waals surface area contributed by atoms with Gasteiger partial charge in [-0.25, -0.2) is 0 Å². The summed E-state index contributed by atoms with van der Waals surface area (Å²) in [5.74, 6) is -0.763. The smallest absolute Gasteiger partial charge is 0.325 e. The summed E-state index contributed by atoms with van der Waals surface area (Å²) in [6.45, 7) is 3.47. The van der Waals surface area contributed by atoms with Crippen molar-refractivity contribution in [2.75, 3.05) is 33.2 Å². The average molecular weight is 234 g/mol. The molecule has 1 unspecified atom stereocenters. The van der Waals surface area contributed by atoms with Crippen LogP contribution in [0.25, 0.3) is 0 Å². The van der Waals surface area contributed by atoms with E-state index in [1.165, 1.54) is 0 Å². The van der Waals surface area contributed by atoms with Crippen LogP contribution in [0, 0.1) is 0 Å². The molecule has 1 aromatic rings. The van der Waals surface area contributed by atoms with E-state index in [0.29, 0.717) is 0 Å². The van der Waals surface area contributed by atoms with Gasteiger partial charge in [-0.3, -0.25) is 9.69 Å². The maximum Gasteiger partial charge on any atom is 0.325 e. The lowest BCUT2D eigenvalue weighted by atomic mass is 10.0. The van der Waals surface area contributed by atoms with Crippen LogP contribution in [0.15, 0.2) is 30.3 Å². The summed E-state index contributed by atoms with van der Waals surface area (Å²) in [5, 5.41) is 9.39. The number of nitrogens with zero attached hydrogens (tertiary/aromatic N) is 2. The summed E-state index contributed by atoms with van der Waals surface area (Å²) in [6, 6.07) is 8.95. The number of carbonyl (C=O) groups is 1. The van der Waals surface area contributed by atoms with Crippen molar-refractivity contribution in [2.45, 2.75) is 6.04 Å². The second kappa shape index (κ2) is 5.29. The Morgan fingerprint density at radius 1 is 1.18 bits per heavy atom. The van der Waals surface area contributed by atoms with Crippen LogP contribution in [0.1, 0.15) is 11.6 Å². The molecule has 0 radical (unpaired) electrons. The molecule has 4 nitrogen and oxygen atoms in total. The van der Waals surface area contributed by atoms with Gasteiger partial charge < -0.3 is 10.0 Å². The minimum absolute atomic E-state index is 0.509. The van der Waals surface area contributed by atoms with E-state index in [9.17, 15) is 9.90 Å². The molecule has 1 atom stereocenters. The van der Waals surface area contributed by atoms with Crippen LogP contribution in [0.4, 0.5) is 0 Å². The number of likely N-dealkylation sites (N-methyl/N-ethyl adjacent to an activating group) is 1. The van der Waals surface area contributed by atoms with Crippen LogP contribution in [0.5, 0.6) is 0 Å². The first-order chi connectivity index (χ1) is 8.18. The van der Waals surface area contributed by atoms with Gasteiger partial charge in [0.1, 0.15) is 6.04 Å². The molecule has 1 fully saturated rings. The predicted octanol–water partition coefficient (Wildman–Crippen LogP) is 1.06. The third-order valence-electron chi connectivity index (χ3n) is 3.25. The zero-order valence-electron chi connectivity index (χ0n) is 10.0. The molecule has 1 aromatic carbocycles. The Bertz CT molecular complexity index is 372. The van der Waals surface area contributed by atoms with Gasteiger partial charge >= 0.3 is 5.97 Å². The van der Waals surface area contributed by atoms with Crippen molar-refractivity contribution in [1.29, 1.82) is 0 Å². The van der Waals surface area contributed by atoms with E-state index in [0.717, 1.165) is 31.7 Å². The predicted molar refractivity (Wildman–Crippen MR) is 65.9 cm³/mol. The van der Waals surface area contributed by atoms with Gasteiger partial charge in [-0.2, -0.15) is 0 Å². The zero-order valence-corrected chi connectivity index (χ0v) is 10.0. The van der Waals surface area contributed by atoms with Gasteiger partial charge in [0.15, 0.2) is 0 Å². The molecule has 1 heterocycles. The van der Waals surface area contributed by atoms with Gasteiger partial charge in [-0.1, -0.05) is 30.3 Å². The van der Waals surface area contributed by atoms with Crippen LogP contribution in [0.2, 0.25) is 0 Å². The van der Waals surface area contributed by atoms with E-state index in [1.54, 1.807) is 0 Å². The number of hydrogen-bond acceptors (Lipinski definition) is 3. The summed E-state index contributed by atoms with van der Waals surface area (Å²) >= 11 is 0. The first-order valence-corrected chi connectivity index (χ1v) is 5.89. The first kappa shape index (κ1) is 12.1. The summed E-state index contributed by atoms with van der Waals surface area (Å²) in [6.07, 6.45) is 0. The highest BCUT2D eigenvalue weighted by molar-refractivity contribution is 5.75. The Morgan fingerprint density at radius 2 is 1.76 bits per heavy atom. The normalized spacial score (nSPS) is 20.1. The first-order valence-electron chi connectivity index (χ1n) is 5.89. The summed E-state index contributed by atoms with van der Waals surface area (Å²) < 4.78 is 0. The van der Waals surface area contributed by atoms with Crippen molar-refractivity contribution < 1.29 is 9.90 Å². The molecule has 92 valence electrons. The fourth-order valence-electron chi connectivity index (χ4n) is 2.23. The monoisotopic (exact) mass is 234 g/mol. The minimum atomic E-state index is -0.763. The maximum absolute atomic E-state index is 11.4. The molecule has 0 bridgehead atoms. The second-order valence-electron chi connectivity index (χ2n) is 4.49. The molecule has 0 saturated carbocycles. The molecule has 1 aliphatic rings. The summed E-state index contributed by atoms with van der Waals surface area (Å²) in [7, 11) is 2.07. The quantitative estimate of drug-likeness (QED) is 0.849. The number of hydrogen-bond donors (Lipinski definition) is 1. The molecule has 0 aliphatic carbocycles. The lowest BCUT2D eigenvalue weighted by Crippen LogP contribution is -2.47. The van der Waals surface area contributed by atoms with Gasteiger partial charge in [0, 0.05) is 26.2 Å². The fourth-order valence-corrected chi connectivity index (χ4v) is 2.23. The van der Waals surface area contributed by atoms with E-state index in [1.807, 2.05) is 35.2 Å². The van der Waals surface area contributed by atoms with E-state index < -0.39 is 12.0 Å². The van der Waals surface area contributed by atoms with Gasteiger partial charge in [0.05, 0.1) is 0 Å². The molecule has 1 saturated heterocycles. The summed E-state index contributed by atoms with van der Waals surface area (Å²) in [4.78, 5) is 15.7. The Kier molecular flexibility index (Phi) is 3.76. The molecule has 4 heteroatoms. The highest BCUT2D eigenvalue weighted by Crippen LogP contribution is 2.21. The van der Waals surface area contributed by atoms with Crippen LogP contribution in [-0.4, -0.2) is 54.1 Å². The van der Waals surface area contributed by atoms with Gasteiger partial charge in [-0.15, -0.1) is 0 Å². The number of piperazine rings is 1. The number of carboxylic acid groups (broad SMARTS) is 1. The van der Waals surface area contributed by atoms with E-state index in [-0.39, 0.29) is 0 Å². The van der Waals surface area contributed by atoms with Crippen LogP contribution in [-0.2, 0) is 4.79 Å². The SMILES string of the molecule is CN1CCN(C(C(=O)O)c2ccccc2)CC1. The zero-order chi connectivity index (χ0) is 12.3.